The van der Waals surface area contributed by atoms with E-state index in [4.69, 9.17) is 5.73 Å². The minimum absolute atomic E-state index is 0.0731. The van der Waals surface area contributed by atoms with E-state index in [1.54, 1.807) is 0 Å². The predicted molar refractivity (Wildman–Crippen MR) is 46.2 cm³/mol. The number of aromatic hydroxyl groups is 2. The lowest BCUT2D eigenvalue weighted by molar-refractivity contribution is -0.0791. The molecule has 0 radical (unpaired) electrons. The summed E-state index contributed by atoms with van der Waals surface area (Å²) < 4.78 is 4.53. The average Bonchev–Trinajstić information content (AvgIpc) is 2.12. The molecule has 0 aliphatic rings. The quantitative estimate of drug-likeness (QED) is 0.230. The second-order valence-electron chi connectivity index (χ2n) is 2.52. The van der Waals surface area contributed by atoms with Gasteiger partial charge in [-0.2, -0.15) is 0 Å². The number of anilines is 1. The Morgan fingerprint density at radius 3 is 2.54 bits per heavy atom. The van der Waals surface area contributed by atoms with Gasteiger partial charge in [0.25, 0.3) is 0 Å². The SMILES string of the molecule is COC(O)c1c(O)ccc(N)c1O. The summed E-state index contributed by atoms with van der Waals surface area (Å²) in [6.07, 6.45) is -1.39. The van der Waals surface area contributed by atoms with E-state index in [1.807, 2.05) is 0 Å². The number of aliphatic hydroxyl groups excluding tert-OH is 1. The molecular formula is C8H11NO4. The second-order valence-corrected chi connectivity index (χ2v) is 2.52. The third kappa shape index (κ3) is 1.66. The molecule has 5 nitrogen and oxygen atoms in total. The number of benzene rings is 1. The lowest BCUT2D eigenvalue weighted by Crippen LogP contribution is -2.01. The summed E-state index contributed by atoms with van der Waals surface area (Å²) in [7, 11) is 1.24. The number of aliphatic hydroxyl groups is 1. The Morgan fingerprint density at radius 2 is 2.00 bits per heavy atom. The highest BCUT2D eigenvalue weighted by Crippen LogP contribution is 2.36. The van der Waals surface area contributed by atoms with Gasteiger partial charge in [0.05, 0.1) is 11.3 Å². The highest BCUT2D eigenvalue weighted by molar-refractivity contribution is 5.60. The summed E-state index contributed by atoms with van der Waals surface area (Å²) in [5.74, 6) is -0.629. The molecule has 5 heteroatoms. The molecule has 1 rings (SSSR count). The number of ether oxygens (including phenoxy) is 1. The van der Waals surface area contributed by atoms with Crippen molar-refractivity contribution in [3.63, 3.8) is 0 Å². The molecule has 0 heterocycles. The van der Waals surface area contributed by atoms with E-state index in [9.17, 15) is 15.3 Å². The van der Waals surface area contributed by atoms with Crippen molar-refractivity contribution in [3.05, 3.63) is 17.7 Å². The van der Waals surface area contributed by atoms with Crippen LogP contribution in [0.2, 0.25) is 0 Å². The van der Waals surface area contributed by atoms with Crippen molar-refractivity contribution in [2.75, 3.05) is 12.8 Å². The standard InChI is InChI=1S/C8H11NO4/c1-13-8(12)6-5(10)3-2-4(9)7(6)11/h2-3,8,10-12H,9H2,1H3. The number of nitrogen functional groups attached to an aromatic ring is 1. The molecule has 0 saturated heterocycles. The first-order valence-electron chi connectivity index (χ1n) is 3.59. The summed E-state index contributed by atoms with van der Waals surface area (Å²) in [5, 5.41) is 27.8. The minimum atomic E-state index is -1.39. The molecule has 0 amide bonds. The third-order valence-electron chi connectivity index (χ3n) is 1.70. The number of nitrogens with two attached hydrogens (primary N) is 1. The van der Waals surface area contributed by atoms with Crippen molar-refractivity contribution in [2.45, 2.75) is 6.29 Å². The van der Waals surface area contributed by atoms with Crippen LogP contribution in [0.15, 0.2) is 12.1 Å². The van der Waals surface area contributed by atoms with Crippen molar-refractivity contribution in [2.24, 2.45) is 0 Å². The molecule has 1 unspecified atom stereocenters. The molecule has 0 aliphatic heterocycles. The van der Waals surface area contributed by atoms with Gasteiger partial charge in [0.1, 0.15) is 11.5 Å². The molecule has 0 aromatic heterocycles. The highest BCUT2D eigenvalue weighted by atomic mass is 16.6. The molecule has 1 aromatic rings. The molecule has 0 saturated carbocycles. The maximum Gasteiger partial charge on any atom is 0.188 e. The summed E-state index contributed by atoms with van der Waals surface area (Å²) in [5.41, 5.74) is 5.30. The second kappa shape index (κ2) is 3.51. The fourth-order valence-corrected chi connectivity index (χ4v) is 0.976. The lowest BCUT2D eigenvalue weighted by atomic mass is 10.1. The van der Waals surface area contributed by atoms with Crippen molar-refractivity contribution in [3.8, 4) is 11.5 Å². The summed E-state index contributed by atoms with van der Waals surface area (Å²) in [6, 6.07) is 2.60. The van der Waals surface area contributed by atoms with Crippen LogP contribution in [-0.2, 0) is 4.74 Å². The zero-order valence-corrected chi connectivity index (χ0v) is 7.06. The van der Waals surface area contributed by atoms with Crippen molar-refractivity contribution >= 4 is 5.69 Å². The van der Waals surface area contributed by atoms with Crippen LogP contribution in [-0.4, -0.2) is 22.4 Å². The van der Waals surface area contributed by atoms with Crippen LogP contribution in [0.25, 0.3) is 0 Å². The number of rotatable bonds is 2. The lowest BCUT2D eigenvalue weighted by Gasteiger charge is -2.13. The van der Waals surface area contributed by atoms with Gasteiger partial charge in [-0.25, -0.2) is 0 Å². The van der Waals surface area contributed by atoms with Gasteiger partial charge in [-0.3, -0.25) is 0 Å². The maximum absolute atomic E-state index is 9.35. The van der Waals surface area contributed by atoms with Gasteiger partial charge in [0.15, 0.2) is 6.29 Å². The Bertz CT molecular complexity index is 313. The first-order chi connectivity index (χ1) is 6.07. The largest absolute Gasteiger partial charge is 0.507 e. The molecular weight excluding hydrogens is 174 g/mol. The van der Waals surface area contributed by atoms with E-state index in [-0.39, 0.29) is 22.7 Å². The minimum Gasteiger partial charge on any atom is -0.507 e. The fourth-order valence-electron chi connectivity index (χ4n) is 0.976. The third-order valence-corrected chi connectivity index (χ3v) is 1.70. The van der Waals surface area contributed by atoms with Crippen LogP contribution in [0, 0.1) is 0 Å². The van der Waals surface area contributed by atoms with Gasteiger partial charge >= 0.3 is 0 Å². The number of hydrogen-bond donors (Lipinski definition) is 4. The smallest absolute Gasteiger partial charge is 0.188 e. The molecule has 0 fully saturated rings. The maximum atomic E-state index is 9.35. The fraction of sp³-hybridized carbons (Fsp3) is 0.250. The normalized spacial score (nSPS) is 12.8. The van der Waals surface area contributed by atoms with Gasteiger partial charge in [-0.1, -0.05) is 0 Å². The molecule has 72 valence electrons. The zero-order chi connectivity index (χ0) is 10.0. The molecule has 0 bridgehead atoms. The van der Waals surface area contributed by atoms with E-state index < -0.39 is 6.29 Å². The molecule has 1 aromatic carbocycles. The van der Waals surface area contributed by atoms with E-state index in [0.717, 1.165) is 0 Å². The monoisotopic (exact) mass is 185 g/mol. The van der Waals surface area contributed by atoms with E-state index >= 15 is 0 Å². The van der Waals surface area contributed by atoms with Gasteiger partial charge in [-0.15, -0.1) is 0 Å². The first-order valence-corrected chi connectivity index (χ1v) is 3.59. The van der Waals surface area contributed by atoms with Crippen molar-refractivity contribution in [1.82, 2.24) is 0 Å². The Morgan fingerprint density at radius 1 is 1.38 bits per heavy atom. The first kappa shape index (κ1) is 9.63. The Balaban J connectivity index is 3.25. The van der Waals surface area contributed by atoms with Crippen LogP contribution in [0.5, 0.6) is 11.5 Å². The van der Waals surface area contributed by atoms with Gasteiger partial charge in [-0.05, 0) is 12.1 Å². The van der Waals surface area contributed by atoms with Crippen LogP contribution in [0.4, 0.5) is 5.69 Å². The molecule has 5 N–H and O–H groups in total. The van der Waals surface area contributed by atoms with Crippen LogP contribution < -0.4 is 5.73 Å². The van der Waals surface area contributed by atoms with Gasteiger partial charge in [0.2, 0.25) is 0 Å². The number of phenols is 2. The van der Waals surface area contributed by atoms with Crippen LogP contribution >= 0.6 is 0 Å². The summed E-state index contributed by atoms with van der Waals surface area (Å²) >= 11 is 0. The Kier molecular flexibility index (Phi) is 2.60. The topological polar surface area (TPSA) is 95.9 Å². The molecule has 13 heavy (non-hydrogen) atoms. The van der Waals surface area contributed by atoms with Crippen LogP contribution in [0.3, 0.4) is 0 Å². The molecule has 1 atom stereocenters. The summed E-state index contributed by atoms with van der Waals surface area (Å²) in [6.45, 7) is 0. The average molecular weight is 185 g/mol. The number of methoxy groups -OCH3 is 1. The van der Waals surface area contributed by atoms with Crippen molar-refractivity contribution < 1.29 is 20.1 Å². The Hall–Kier alpha value is -1.46. The van der Waals surface area contributed by atoms with Crippen molar-refractivity contribution in [1.29, 1.82) is 0 Å². The number of phenolic OH excluding ortho intramolecular Hbond substituents is 2. The van der Waals surface area contributed by atoms with Gasteiger partial charge in [0, 0.05) is 7.11 Å². The van der Waals surface area contributed by atoms with E-state index in [0.29, 0.717) is 0 Å². The zero-order valence-electron chi connectivity index (χ0n) is 7.06. The predicted octanol–water partition coefficient (Wildman–Crippen LogP) is 0.317. The van der Waals surface area contributed by atoms with Gasteiger partial charge < -0.3 is 25.8 Å². The molecule has 0 aliphatic carbocycles. The van der Waals surface area contributed by atoms with Crippen LogP contribution in [0.1, 0.15) is 11.9 Å². The van der Waals surface area contributed by atoms with E-state index in [2.05, 4.69) is 4.74 Å². The highest BCUT2D eigenvalue weighted by Gasteiger charge is 2.18. The molecule has 0 spiro atoms. The number of hydrogen-bond acceptors (Lipinski definition) is 5. The van der Waals surface area contributed by atoms with E-state index in [1.165, 1.54) is 19.2 Å². The summed E-state index contributed by atoms with van der Waals surface area (Å²) in [4.78, 5) is 0. The Labute approximate surface area is 75.0 Å².